The minimum atomic E-state index is -3.90. The summed E-state index contributed by atoms with van der Waals surface area (Å²) >= 11 is 0. The predicted molar refractivity (Wildman–Crippen MR) is 66.5 cm³/mol. The summed E-state index contributed by atoms with van der Waals surface area (Å²) in [4.78, 5) is 9.73. The third-order valence-corrected chi connectivity index (χ3v) is 3.68. The van der Waals surface area contributed by atoms with Gasteiger partial charge in [-0.3, -0.25) is 10.1 Å². The molecule has 1 rings (SSSR count). The van der Waals surface area contributed by atoms with Crippen molar-refractivity contribution in [3.05, 3.63) is 28.3 Å². The van der Waals surface area contributed by atoms with E-state index in [0.717, 1.165) is 18.2 Å². The quantitative estimate of drug-likeness (QED) is 0.573. The molecule has 106 valence electrons. The standard InChI is InChI=1S/C10H14N2O6S/c1-7(13)6-11-19(16,17)10-4-3-8(12(14)15)5-9(10)18-2/h3-5,7,11,13H,6H2,1-2H3/t7-/m1/s1. The molecule has 19 heavy (non-hydrogen) atoms. The number of aliphatic hydroxyl groups is 1. The van der Waals surface area contributed by atoms with E-state index in [2.05, 4.69) is 4.72 Å². The number of benzene rings is 1. The fourth-order valence-corrected chi connectivity index (χ4v) is 2.57. The van der Waals surface area contributed by atoms with Crippen LogP contribution in [-0.4, -0.2) is 38.2 Å². The number of non-ortho nitro benzene ring substituents is 1. The zero-order chi connectivity index (χ0) is 14.6. The van der Waals surface area contributed by atoms with Crippen molar-refractivity contribution < 1.29 is 23.2 Å². The highest BCUT2D eigenvalue weighted by molar-refractivity contribution is 7.89. The molecule has 0 aliphatic heterocycles. The van der Waals surface area contributed by atoms with E-state index >= 15 is 0 Å². The fourth-order valence-electron chi connectivity index (χ4n) is 1.30. The highest BCUT2D eigenvalue weighted by Crippen LogP contribution is 2.28. The number of nitrogens with one attached hydrogen (secondary N) is 1. The number of nitro groups is 1. The molecule has 0 aromatic heterocycles. The molecule has 0 fully saturated rings. The Bertz CT molecular complexity index is 569. The second kappa shape index (κ2) is 5.95. The Kier molecular flexibility index (Phi) is 4.81. The molecule has 0 amide bonds. The minimum Gasteiger partial charge on any atom is -0.495 e. The van der Waals surface area contributed by atoms with E-state index < -0.39 is 21.1 Å². The smallest absolute Gasteiger partial charge is 0.273 e. The van der Waals surface area contributed by atoms with Gasteiger partial charge in [-0.1, -0.05) is 0 Å². The Morgan fingerprint density at radius 2 is 2.16 bits per heavy atom. The van der Waals surface area contributed by atoms with Gasteiger partial charge in [0.05, 0.1) is 24.2 Å². The number of ether oxygens (including phenoxy) is 1. The zero-order valence-electron chi connectivity index (χ0n) is 10.4. The molecule has 1 aromatic carbocycles. The van der Waals surface area contributed by atoms with Crippen LogP contribution in [0.2, 0.25) is 0 Å². The lowest BCUT2D eigenvalue weighted by molar-refractivity contribution is -0.385. The first kappa shape index (κ1) is 15.3. The number of hydrogen-bond acceptors (Lipinski definition) is 6. The third-order valence-electron chi connectivity index (χ3n) is 2.22. The fraction of sp³-hybridized carbons (Fsp3) is 0.400. The van der Waals surface area contributed by atoms with Crippen LogP contribution in [0.5, 0.6) is 5.75 Å². The Morgan fingerprint density at radius 1 is 1.53 bits per heavy atom. The summed E-state index contributed by atoms with van der Waals surface area (Å²) in [5.74, 6) is -0.132. The van der Waals surface area contributed by atoms with Crippen molar-refractivity contribution in [2.75, 3.05) is 13.7 Å². The Labute approximate surface area is 110 Å². The lowest BCUT2D eigenvalue weighted by atomic mass is 10.3. The molecule has 1 atom stereocenters. The first-order chi connectivity index (χ1) is 8.77. The van der Waals surface area contributed by atoms with Crippen LogP contribution in [0.1, 0.15) is 6.92 Å². The van der Waals surface area contributed by atoms with E-state index in [9.17, 15) is 18.5 Å². The second-order valence-electron chi connectivity index (χ2n) is 3.79. The lowest BCUT2D eigenvalue weighted by Gasteiger charge is -2.11. The highest BCUT2D eigenvalue weighted by atomic mass is 32.2. The molecule has 0 saturated heterocycles. The topological polar surface area (TPSA) is 119 Å². The summed E-state index contributed by atoms with van der Waals surface area (Å²) in [7, 11) is -2.68. The molecule has 0 aliphatic rings. The summed E-state index contributed by atoms with van der Waals surface area (Å²) in [6.07, 6.45) is -0.848. The maximum Gasteiger partial charge on any atom is 0.273 e. The van der Waals surface area contributed by atoms with E-state index in [-0.39, 0.29) is 22.9 Å². The van der Waals surface area contributed by atoms with Gasteiger partial charge in [0.1, 0.15) is 10.6 Å². The Balaban J connectivity index is 3.16. The molecule has 0 bridgehead atoms. The van der Waals surface area contributed by atoms with Gasteiger partial charge >= 0.3 is 0 Å². The van der Waals surface area contributed by atoms with E-state index in [1.807, 2.05) is 0 Å². The zero-order valence-corrected chi connectivity index (χ0v) is 11.2. The van der Waals surface area contributed by atoms with Crippen LogP contribution >= 0.6 is 0 Å². The van der Waals surface area contributed by atoms with Crippen molar-refractivity contribution in [2.45, 2.75) is 17.9 Å². The van der Waals surface area contributed by atoms with Crippen molar-refractivity contribution in [2.24, 2.45) is 0 Å². The SMILES string of the molecule is COc1cc([N+](=O)[O-])ccc1S(=O)(=O)NC[C@@H](C)O. The number of nitro benzene ring substituents is 1. The lowest BCUT2D eigenvalue weighted by Crippen LogP contribution is -2.30. The van der Waals surface area contributed by atoms with Gasteiger partial charge in [0, 0.05) is 12.6 Å². The highest BCUT2D eigenvalue weighted by Gasteiger charge is 2.22. The van der Waals surface area contributed by atoms with Gasteiger partial charge < -0.3 is 9.84 Å². The van der Waals surface area contributed by atoms with Gasteiger partial charge in [0.25, 0.3) is 5.69 Å². The van der Waals surface area contributed by atoms with Crippen molar-refractivity contribution in [3.63, 3.8) is 0 Å². The van der Waals surface area contributed by atoms with E-state index in [0.29, 0.717) is 0 Å². The second-order valence-corrected chi connectivity index (χ2v) is 5.53. The van der Waals surface area contributed by atoms with Crippen LogP contribution in [0.4, 0.5) is 5.69 Å². The molecule has 0 saturated carbocycles. The summed E-state index contributed by atoms with van der Waals surface area (Å²) in [5.41, 5.74) is -0.272. The molecule has 0 aliphatic carbocycles. The third kappa shape index (κ3) is 3.88. The van der Waals surface area contributed by atoms with Crippen LogP contribution in [-0.2, 0) is 10.0 Å². The van der Waals surface area contributed by atoms with Crippen molar-refractivity contribution >= 4 is 15.7 Å². The van der Waals surface area contributed by atoms with Gasteiger partial charge in [-0.2, -0.15) is 0 Å². The number of rotatable bonds is 6. The maximum absolute atomic E-state index is 11.9. The average Bonchev–Trinajstić information content (AvgIpc) is 2.35. The van der Waals surface area contributed by atoms with E-state index in [1.54, 1.807) is 0 Å². The van der Waals surface area contributed by atoms with Gasteiger partial charge in [0.2, 0.25) is 10.0 Å². The Hall–Kier alpha value is -1.71. The van der Waals surface area contributed by atoms with Gasteiger partial charge in [0.15, 0.2) is 0 Å². The molecule has 0 radical (unpaired) electrons. The van der Waals surface area contributed by atoms with Crippen LogP contribution < -0.4 is 9.46 Å². The molecule has 0 spiro atoms. The molecule has 2 N–H and O–H groups in total. The molecule has 8 nitrogen and oxygen atoms in total. The number of hydrogen-bond donors (Lipinski definition) is 2. The molecule has 0 unspecified atom stereocenters. The van der Waals surface area contributed by atoms with E-state index in [4.69, 9.17) is 9.84 Å². The summed E-state index contributed by atoms with van der Waals surface area (Å²) in [5, 5.41) is 19.7. The average molecular weight is 290 g/mol. The summed E-state index contributed by atoms with van der Waals surface area (Å²) in [6, 6.07) is 3.18. The van der Waals surface area contributed by atoms with Crippen LogP contribution in [0, 0.1) is 10.1 Å². The summed E-state index contributed by atoms with van der Waals surface area (Å²) < 4.78 is 30.9. The first-order valence-corrected chi connectivity index (χ1v) is 6.76. The predicted octanol–water partition coefficient (Wildman–Crippen LogP) is 0.263. The molecule has 9 heteroatoms. The van der Waals surface area contributed by atoms with Crippen molar-refractivity contribution in [3.8, 4) is 5.75 Å². The van der Waals surface area contributed by atoms with Crippen molar-refractivity contribution in [1.82, 2.24) is 4.72 Å². The van der Waals surface area contributed by atoms with Gasteiger partial charge in [-0.15, -0.1) is 0 Å². The molecular formula is C10H14N2O6S. The van der Waals surface area contributed by atoms with Gasteiger partial charge in [-0.25, -0.2) is 13.1 Å². The van der Waals surface area contributed by atoms with Crippen LogP contribution in [0.25, 0.3) is 0 Å². The Morgan fingerprint density at radius 3 is 2.63 bits per heavy atom. The molecule has 1 aromatic rings. The number of sulfonamides is 1. The van der Waals surface area contributed by atoms with E-state index in [1.165, 1.54) is 14.0 Å². The molecular weight excluding hydrogens is 276 g/mol. The number of aliphatic hydroxyl groups excluding tert-OH is 1. The largest absolute Gasteiger partial charge is 0.495 e. The van der Waals surface area contributed by atoms with Gasteiger partial charge in [-0.05, 0) is 13.0 Å². The monoisotopic (exact) mass is 290 g/mol. The van der Waals surface area contributed by atoms with Crippen molar-refractivity contribution in [1.29, 1.82) is 0 Å². The normalized spacial score (nSPS) is 13.0. The first-order valence-electron chi connectivity index (χ1n) is 5.28. The minimum absolute atomic E-state index is 0.132. The number of nitrogens with zero attached hydrogens (tertiary/aromatic N) is 1. The molecule has 0 heterocycles. The van der Waals surface area contributed by atoms with Crippen LogP contribution in [0.15, 0.2) is 23.1 Å². The maximum atomic E-state index is 11.9. The number of methoxy groups -OCH3 is 1. The van der Waals surface area contributed by atoms with Crippen LogP contribution in [0.3, 0.4) is 0 Å². The summed E-state index contributed by atoms with van der Waals surface area (Å²) in [6.45, 7) is 1.26.